The maximum Gasteiger partial charge on any atom is 0.166 e. The van der Waals surface area contributed by atoms with Crippen LogP contribution in [0.25, 0.3) is 11.0 Å². The summed E-state index contributed by atoms with van der Waals surface area (Å²) in [5.41, 5.74) is 0.650. The Morgan fingerprint density at radius 1 is 1.50 bits per heavy atom. The van der Waals surface area contributed by atoms with E-state index in [0.717, 1.165) is 0 Å². The largest absolute Gasteiger partial charge is 0.504 e. The molecule has 74 valence electrons. The molecule has 0 radical (unpaired) electrons. The summed E-state index contributed by atoms with van der Waals surface area (Å²) < 4.78 is 5.42. The molecule has 4 heteroatoms. The van der Waals surface area contributed by atoms with E-state index in [-0.39, 0.29) is 5.75 Å². The average Bonchev–Trinajstić information content (AvgIpc) is 2.46. The smallest absolute Gasteiger partial charge is 0.166 e. The molecular formula is C10H10ClNO2. The van der Waals surface area contributed by atoms with Gasteiger partial charge < -0.3 is 14.8 Å². The number of fused-ring (bicyclic) bond motifs is 1. The fraction of sp³-hybridized carbons (Fsp3) is 0.200. The molecule has 0 bridgehead atoms. The van der Waals surface area contributed by atoms with Gasteiger partial charge in [0, 0.05) is 5.02 Å². The fourth-order valence-electron chi connectivity index (χ4n) is 1.39. The van der Waals surface area contributed by atoms with Crippen LogP contribution in [-0.2, 0) is 6.54 Å². The van der Waals surface area contributed by atoms with Crippen molar-refractivity contribution in [1.29, 1.82) is 0 Å². The first-order valence-electron chi connectivity index (χ1n) is 4.27. The molecule has 0 spiro atoms. The van der Waals surface area contributed by atoms with Crippen LogP contribution in [0.15, 0.2) is 22.6 Å². The lowest BCUT2D eigenvalue weighted by Gasteiger charge is -1.93. The highest BCUT2D eigenvalue weighted by Gasteiger charge is 2.12. The number of hydrogen-bond acceptors (Lipinski definition) is 3. The van der Waals surface area contributed by atoms with E-state index in [0.29, 0.717) is 28.3 Å². The summed E-state index contributed by atoms with van der Waals surface area (Å²) in [4.78, 5) is 0. The van der Waals surface area contributed by atoms with Gasteiger partial charge in [-0.2, -0.15) is 0 Å². The van der Waals surface area contributed by atoms with Gasteiger partial charge in [0.1, 0.15) is 5.58 Å². The summed E-state index contributed by atoms with van der Waals surface area (Å²) in [6.07, 6.45) is 0. The van der Waals surface area contributed by atoms with E-state index < -0.39 is 0 Å². The van der Waals surface area contributed by atoms with Gasteiger partial charge in [-0.1, -0.05) is 11.6 Å². The van der Waals surface area contributed by atoms with Crippen molar-refractivity contribution in [1.82, 2.24) is 5.32 Å². The zero-order valence-corrected chi connectivity index (χ0v) is 8.43. The van der Waals surface area contributed by atoms with E-state index in [4.69, 9.17) is 16.0 Å². The van der Waals surface area contributed by atoms with Crippen molar-refractivity contribution < 1.29 is 9.52 Å². The Balaban J connectivity index is 2.62. The van der Waals surface area contributed by atoms with Crippen molar-refractivity contribution in [3.63, 3.8) is 0 Å². The molecule has 0 amide bonds. The van der Waals surface area contributed by atoms with E-state index >= 15 is 0 Å². The van der Waals surface area contributed by atoms with Crippen molar-refractivity contribution in [3.8, 4) is 5.75 Å². The Kier molecular flexibility index (Phi) is 2.35. The van der Waals surface area contributed by atoms with Gasteiger partial charge in [0.15, 0.2) is 11.5 Å². The highest BCUT2D eigenvalue weighted by molar-refractivity contribution is 6.31. The molecule has 0 aliphatic heterocycles. The van der Waals surface area contributed by atoms with E-state index in [1.54, 1.807) is 25.2 Å². The molecule has 2 aromatic rings. The number of nitrogens with one attached hydrogen (secondary N) is 1. The SMILES string of the molecule is CNCc1oc2ccc(Cl)cc2c1O. The Bertz CT molecular complexity index is 464. The fourth-order valence-corrected chi connectivity index (χ4v) is 1.56. The van der Waals surface area contributed by atoms with Gasteiger partial charge >= 0.3 is 0 Å². The molecule has 1 heterocycles. The summed E-state index contributed by atoms with van der Waals surface area (Å²) >= 11 is 5.81. The molecular weight excluding hydrogens is 202 g/mol. The minimum absolute atomic E-state index is 0.164. The molecule has 0 saturated carbocycles. The average molecular weight is 212 g/mol. The highest BCUT2D eigenvalue weighted by Crippen LogP contribution is 2.33. The molecule has 0 saturated heterocycles. The molecule has 1 aromatic heterocycles. The lowest BCUT2D eigenvalue weighted by Crippen LogP contribution is -2.03. The summed E-state index contributed by atoms with van der Waals surface area (Å²) in [6.45, 7) is 0.498. The standard InChI is InChI=1S/C10H10ClNO2/c1-12-5-9-10(13)7-4-6(11)2-3-8(7)14-9/h2-4,12-13H,5H2,1H3. The third-order valence-electron chi connectivity index (χ3n) is 2.03. The zero-order chi connectivity index (χ0) is 10.1. The second-order valence-electron chi connectivity index (χ2n) is 3.04. The van der Waals surface area contributed by atoms with E-state index in [1.165, 1.54) is 0 Å². The quantitative estimate of drug-likeness (QED) is 0.803. The summed E-state index contributed by atoms with van der Waals surface area (Å²) in [5, 5.41) is 13.9. The third-order valence-corrected chi connectivity index (χ3v) is 2.27. The number of halogens is 1. The number of aromatic hydroxyl groups is 1. The maximum absolute atomic E-state index is 9.75. The molecule has 14 heavy (non-hydrogen) atoms. The molecule has 0 fully saturated rings. The first-order chi connectivity index (χ1) is 6.72. The van der Waals surface area contributed by atoms with Gasteiger partial charge in [-0.25, -0.2) is 0 Å². The van der Waals surface area contributed by atoms with Crippen molar-refractivity contribution in [2.75, 3.05) is 7.05 Å². The van der Waals surface area contributed by atoms with Crippen molar-refractivity contribution in [2.24, 2.45) is 0 Å². The van der Waals surface area contributed by atoms with Crippen LogP contribution in [0.2, 0.25) is 5.02 Å². The van der Waals surface area contributed by atoms with Crippen LogP contribution in [0, 0.1) is 0 Å². The maximum atomic E-state index is 9.75. The molecule has 0 aliphatic rings. The zero-order valence-electron chi connectivity index (χ0n) is 7.67. The van der Waals surface area contributed by atoms with Crippen molar-refractivity contribution >= 4 is 22.6 Å². The Morgan fingerprint density at radius 3 is 3.00 bits per heavy atom. The lowest BCUT2D eigenvalue weighted by atomic mass is 10.2. The second kappa shape index (κ2) is 3.52. The monoisotopic (exact) mass is 211 g/mol. The van der Waals surface area contributed by atoms with E-state index in [1.807, 2.05) is 0 Å². The van der Waals surface area contributed by atoms with E-state index in [9.17, 15) is 5.11 Å². The number of furan rings is 1. The van der Waals surface area contributed by atoms with Gasteiger partial charge in [0.25, 0.3) is 0 Å². The molecule has 2 N–H and O–H groups in total. The molecule has 0 aliphatic carbocycles. The Hall–Kier alpha value is -1.19. The summed E-state index contributed by atoms with van der Waals surface area (Å²) in [7, 11) is 1.79. The van der Waals surface area contributed by atoms with Crippen molar-refractivity contribution in [2.45, 2.75) is 6.54 Å². The molecule has 1 aromatic carbocycles. The lowest BCUT2D eigenvalue weighted by molar-refractivity contribution is 0.434. The number of rotatable bonds is 2. The van der Waals surface area contributed by atoms with Crippen LogP contribution in [0.5, 0.6) is 5.75 Å². The predicted octanol–water partition coefficient (Wildman–Crippen LogP) is 2.51. The van der Waals surface area contributed by atoms with Gasteiger partial charge in [-0.3, -0.25) is 0 Å². The van der Waals surface area contributed by atoms with Gasteiger partial charge in [-0.15, -0.1) is 0 Å². The minimum atomic E-state index is 0.164. The van der Waals surface area contributed by atoms with Gasteiger partial charge in [0.05, 0.1) is 11.9 Å². The van der Waals surface area contributed by atoms with E-state index in [2.05, 4.69) is 5.32 Å². The first-order valence-corrected chi connectivity index (χ1v) is 4.64. The predicted molar refractivity (Wildman–Crippen MR) is 55.7 cm³/mol. The first kappa shape index (κ1) is 9.37. The molecule has 2 rings (SSSR count). The van der Waals surface area contributed by atoms with Crippen LogP contribution in [0.3, 0.4) is 0 Å². The van der Waals surface area contributed by atoms with Gasteiger partial charge in [-0.05, 0) is 25.2 Å². The molecule has 0 atom stereocenters. The van der Waals surface area contributed by atoms with Crippen LogP contribution in [0.4, 0.5) is 0 Å². The van der Waals surface area contributed by atoms with Crippen LogP contribution in [-0.4, -0.2) is 12.2 Å². The Morgan fingerprint density at radius 2 is 2.29 bits per heavy atom. The minimum Gasteiger partial charge on any atom is -0.504 e. The normalized spacial score (nSPS) is 11.0. The number of hydrogen-bond donors (Lipinski definition) is 2. The Labute approximate surface area is 86.3 Å². The van der Waals surface area contributed by atoms with Crippen molar-refractivity contribution in [3.05, 3.63) is 29.0 Å². The van der Waals surface area contributed by atoms with Gasteiger partial charge in [0.2, 0.25) is 0 Å². The second-order valence-corrected chi connectivity index (χ2v) is 3.48. The summed E-state index contributed by atoms with van der Waals surface area (Å²) in [5.74, 6) is 0.696. The van der Waals surface area contributed by atoms with Crippen LogP contribution in [0.1, 0.15) is 5.76 Å². The van der Waals surface area contributed by atoms with Crippen LogP contribution < -0.4 is 5.32 Å². The topological polar surface area (TPSA) is 45.4 Å². The third kappa shape index (κ3) is 1.45. The molecule has 3 nitrogen and oxygen atoms in total. The number of benzene rings is 1. The summed E-state index contributed by atoms with van der Waals surface area (Å²) in [6, 6.07) is 5.17. The van der Waals surface area contributed by atoms with Crippen LogP contribution >= 0.6 is 11.6 Å². The highest BCUT2D eigenvalue weighted by atomic mass is 35.5. The molecule has 0 unspecified atom stereocenters.